The average molecular weight is 217 g/mol. The summed E-state index contributed by atoms with van der Waals surface area (Å²) >= 11 is 0. The van der Waals surface area contributed by atoms with Crippen molar-refractivity contribution < 1.29 is 13.2 Å². The van der Waals surface area contributed by atoms with Crippen molar-refractivity contribution in [2.75, 3.05) is 18.0 Å². The predicted octanol–water partition coefficient (Wildman–Crippen LogP) is 1.85. The van der Waals surface area contributed by atoms with Gasteiger partial charge in [0.05, 0.1) is 6.20 Å². The Labute approximate surface area is 84.9 Å². The Hall–Kier alpha value is -1.33. The van der Waals surface area contributed by atoms with Gasteiger partial charge in [-0.2, -0.15) is 0 Å². The summed E-state index contributed by atoms with van der Waals surface area (Å²) in [6.07, 6.45) is 1.74. The lowest BCUT2D eigenvalue weighted by atomic mass is 10.1. The van der Waals surface area contributed by atoms with Crippen molar-refractivity contribution in [3.05, 3.63) is 18.3 Å². The first-order valence-corrected chi connectivity index (χ1v) is 4.67. The molecule has 0 unspecified atom stereocenters. The molecule has 0 aliphatic carbocycles. The first-order chi connectivity index (χ1) is 7.08. The molecule has 0 amide bonds. The SMILES string of the molecule is Fc1cncnc1N1CCC(F)(F)CC1. The molecule has 1 aromatic rings. The zero-order chi connectivity index (χ0) is 10.9. The van der Waals surface area contributed by atoms with Crippen LogP contribution < -0.4 is 4.90 Å². The Morgan fingerprint density at radius 3 is 2.53 bits per heavy atom. The Morgan fingerprint density at radius 1 is 1.27 bits per heavy atom. The van der Waals surface area contributed by atoms with Crippen molar-refractivity contribution >= 4 is 5.82 Å². The predicted molar refractivity (Wildman–Crippen MR) is 48.4 cm³/mol. The quantitative estimate of drug-likeness (QED) is 0.718. The van der Waals surface area contributed by atoms with E-state index in [9.17, 15) is 13.2 Å². The van der Waals surface area contributed by atoms with E-state index in [-0.39, 0.29) is 31.7 Å². The molecule has 0 bridgehead atoms. The highest BCUT2D eigenvalue weighted by Crippen LogP contribution is 2.30. The van der Waals surface area contributed by atoms with E-state index < -0.39 is 11.7 Å². The first-order valence-electron chi connectivity index (χ1n) is 4.67. The van der Waals surface area contributed by atoms with Gasteiger partial charge in [0.2, 0.25) is 0 Å². The molecule has 1 aliphatic heterocycles. The molecule has 2 heterocycles. The van der Waals surface area contributed by atoms with Crippen molar-refractivity contribution in [1.29, 1.82) is 0 Å². The van der Waals surface area contributed by atoms with Gasteiger partial charge in [0.15, 0.2) is 11.6 Å². The van der Waals surface area contributed by atoms with E-state index in [1.165, 1.54) is 11.2 Å². The zero-order valence-electron chi connectivity index (χ0n) is 7.96. The molecule has 3 nitrogen and oxygen atoms in total. The second-order valence-corrected chi connectivity index (χ2v) is 3.54. The zero-order valence-corrected chi connectivity index (χ0v) is 7.96. The topological polar surface area (TPSA) is 29.0 Å². The third kappa shape index (κ3) is 2.19. The smallest absolute Gasteiger partial charge is 0.251 e. The Bertz CT molecular complexity index is 346. The van der Waals surface area contributed by atoms with Crippen LogP contribution in [0.15, 0.2) is 12.5 Å². The summed E-state index contributed by atoms with van der Waals surface area (Å²) in [7, 11) is 0. The minimum absolute atomic E-state index is 0.112. The fraction of sp³-hybridized carbons (Fsp3) is 0.556. The minimum atomic E-state index is -2.62. The highest BCUT2D eigenvalue weighted by Gasteiger charge is 2.34. The van der Waals surface area contributed by atoms with E-state index in [0.717, 1.165) is 6.20 Å². The van der Waals surface area contributed by atoms with Gasteiger partial charge >= 0.3 is 0 Å². The van der Waals surface area contributed by atoms with E-state index in [1.54, 1.807) is 0 Å². The molecule has 0 spiro atoms. The van der Waals surface area contributed by atoms with E-state index >= 15 is 0 Å². The van der Waals surface area contributed by atoms with Gasteiger partial charge in [0.25, 0.3) is 5.92 Å². The number of aromatic nitrogens is 2. The van der Waals surface area contributed by atoms with E-state index in [0.29, 0.717) is 0 Å². The Balaban J connectivity index is 2.11. The summed E-state index contributed by atoms with van der Waals surface area (Å²) in [6, 6.07) is 0. The molecular weight excluding hydrogens is 207 g/mol. The summed E-state index contributed by atoms with van der Waals surface area (Å²) < 4.78 is 38.9. The number of nitrogens with zero attached hydrogens (tertiary/aromatic N) is 3. The van der Waals surface area contributed by atoms with Gasteiger partial charge in [-0.25, -0.2) is 23.1 Å². The lowest BCUT2D eigenvalue weighted by Gasteiger charge is -2.32. The standard InChI is InChI=1S/C9H10F3N3/c10-7-5-13-6-14-8(7)15-3-1-9(11,12)2-4-15/h5-6H,1-4H2. The van der Waals surface area contributed by atoms with Crippen LogP contribution in [0.1, 0.15) is 12.8 Å². The number of anilines is 1. The van der Waals surface area contributed by atoms with Crippen LogP contribution in [0.4, 0.5) is 19.0 Å². The van der Waals surface area contributed by atoms with Crippen LogP contribution >= 0.6 is 0 Å². The van der Waals surface area contributed by atoms with Crippen molar-refractivity contribution in [1.82, 2.24) is 9.97 Å². The first kappa shape index (κ1) is 10.2. The van der Waals surface area contributed by atoms with Gasteiger partial charge in [0.1, 0.15) is 6.33 Å². The molecule has 0 atom stereocenters. The minimum Gasteiger partial charge on any atom is -0.354 e. The second-order valence-electron chi connectivity index (χ2n) is 3.54. The van der Waals surface area contributed by atoms with E-state index in [4.69, 9.17) is 0 Å². The maximum atomic E-state index is 13.2. The van der Waals surface area contributed by atoms with Crippen molar-refractivity contribution in [2.24, 2.45) is 0 Å². The lowest BCUT2D eigenvalue weighted by Crippen LogP contribution is -2.40. The summed E-state index contributed by atoms with van der Waals surface area (Å²) in [5, 5.41) is 0. The van der Waals surface area contributed by atoms with Gasteiger partial charge < -0.3 is 4.90 Å². The van der Waals surface area contributed by atoms with Crippen molar-refractivity contribution in [2.45, 2.75) is 18.8 Å². The number of piperidine rings is 1. The van der Waals surface area contributed by atoms with Gasteiger partial charge in [-0.1, -0.05) is 0 Å². The molecule has 1 aromatic heterocycles. The molecule has 6 heteroatoms. The molecule has 1 aliphatic rings. The molecular formula is C9H10F3N3. The monoisotopic (exact) mass is 217 g/mol. The molecule has 0 saturated carbocycles. The van der Waals surface area contributed by atoms with Crippen LogP contribution in [-0.4, -0.2) is 29.0 Å². The summed E-state index contributed by atoms with van der Waals surface area (Å²) in [6.45, 7) is 0.252. The number of hydrogen-bond donors (Lipinski definition) is 0. The maximum absolute atomic E-state index is 13.2. The second kappa shape index (κ2) is 3.67. The highest BCUT2D eigenvalue weighted by molar-refractivity contribution is 5.38. The fourth-order valence-electron chi connectivity index (χ4n) is 1.58. The number of rotatable bonds is 1. The van der Waals surface area contributed by atoms with Gasteiger partial charge in [-0.15, -0.1) is 0 Å². The van der Waals surface area contributed by atoms with Crippen LogP contribution in [0.2, 0.25) is 0 Å². The fourth-order valence-corrected chi connectivity index (χ4v) is 1.58. The van der Waals surface area contributed by atoms with Gasteiger partial charge in [0, 0.05) is 25.9 Å². The third-order valence-corrected chi connectivity index (χ3v) is 2.44. The highest BCUT2D eigenvalue weighted by atomic mass is 19.3. The maximum Gasteiger partial charge on any atom is 0.251 e. The van der Waals surface area contributed by atoms with E-state index in [1.807, 2.05) is 0 Å². The molecule has 0 N–H and O–H groups in total. The van der Waals surface area contributed by atoms with Crippen LogP contribution in [-0.2, 0) is 0 Å². The largest absolute Gasteiger partial charge is 0.354 e. The van der Waals surface area contributed by atoms with Crippen molar-refractivity contribution in [3.63, 3.8) is 0 Å². The van der Waals surface area contributed by atoms with Crippen LogP contribution in [0, 0.1) is 5.82 Å². The summed E-state index contributed by atoms with van der Waals surface area (Å²) in [5.74, 6) is -3.08. The summed E-state index contributed by atoms with van der Waals surface area (Å²) in [4.78, 5) is 8.77. The normalized spacial score (nSPS) is 20.3. The lowest BCUT2D eigenvalue weighted by molar-refractivity contribution is -0.0222. The molecule has 1 fully saturated rings. The Morgan fingerprint density at radius 2 is 1.93 bits per heavy atom. The van der Waals surface area contributed by atoms with Crippen LogP contribution in [0.3, 0.4) is 0 Å². The molecule has 2 rings (SSSR count). The Kier molecular flexibility index (Phi) is 2.50. The van der Waals surface area contributed by atoms with Crippen molar-refractivity contribution in [3.8, 4) is 0 Å². The molecule has 0 radical (unpaired) electrons. The summed E-state index contributed by atoms with van der Waals surface area (Å²) in [5.41, 5.74) is 0. The molecule has 15 heavy (non-hydrogen) atoms. The average Bonchev–Trinajstić information content (AvgIpc) is 2.19. The molecule has 82 valence electrons. The number of alkyl halides is 2. The van der Waals surface area contributed by atoms with Gasteiger partial charge in [-0.3, -0.25) is 0 Å². The van der Waals surface area contributed by atoms with Crippen LogP contribution in [0.5, 0.6) is 0 Å². The molecule has 1 saturated heterocycles. The van der Waals surface area contributed by atoms with Crippen LogP contribution in [0.25, 0.3) is 0 Å². The van der Waals surface area contributed by atoms with E-state index in [2.05, 4.69) is 9.97 Å². The molecule has 0 aromatic carbocycles. The number of hydrogen-bond acceptors (Lipinski definition) is 3. The third-order valence-electron chi connectivity index (χ3n) is 2.44. The number of halogens is 3. The van der Waals surface area contributed by atoms with Gasteiger partial charge in [-0.05, 0) is 0 Å².